The molecule has 0 radical (unpaired) electrons. The summed E-state index contributed by atoms with van der Waals surface area (Å²) in [7, 11) is 1.94. The van der Waals surface area contributed by atoms with Crippen molar-refractivity contribution in [2.24, 2.45) is 13.0 Å². The molecule has 0 aromatic carbocycles. The molecule has 0 spiro atoms. The van der Waals surface area contributed by atoms with Crippen LogP contribution in [-0.2, 0) is 7.05 Å². The highest BCUT2D eigenvalue weighted by Crippen LogP contribution is 2.39. The van der Waals surface area contributed by atoms with Crippen LogP contribution < -0.4 is 5.32 Å². The predicted molar refractivity (Wildman–Crippen MR) is 111 cm³/mol. The molecule has 0 bridgehead atoms. The molecule has 0 unspecified atom stereocenters. The highest BCUT2D eigenvalue weighted by Gasteiger charge is 2.28. The maximum Gasteiger partial charge on any atom is 0.273 e. The number of nitrogens with zero attached hydrogens (tertiary/aromatic N) is 4. The van der Waals surface area contributed by atoms with Crippen LogP contribution in [0.1, 0.15) is 79.0 Å². The Morgan fingerprint density at radius 1 is 1.20 bits per heavy atom. The summed E-state index contributed by atoms with van der Waals surface area (Å²) in [6.45, 7) is 6.60. The van der Waals surface area contributed by atoms with Gasteiger partial charge < -0.3 is 14.4 Å². The van der Waals surface area contributed by atoms with Crippen LogP contribution in [-0.4, -0.2) is 32.5 Å². The third-order valence-electron chi connectivity index (χ3n) is 5.87. The van der Waals surface area contributed by atoms with E-state index in [1.165, 1.54) is 0 Å². The molecule has 3 aromatic rings. The van der Waals surface area contributed by atoms with Gasteiger partial charge in [-0.1, -0.05) is 24.2 Å². The molecule has 8 heteroatoms. The minimum absolute atomic E-state index is 0.166. The average Bonchev–Trinajstić information content (AvgIpc) is 3.46. The third-order valence-corrected chi connectivity index (χ3v) is 5.87. The lowest BCUT2D eigenvalue weighted by Gasteiger charge is -2.28. The van der Waals surface area contributed by atoms with Gasteiger partial charge in [0.15, 0.2) is 11.5 Å². The topological polar surface area (TPSA) is 99.0 Å². The summed E-state index contributed by atoms with van der Waals surface area (Å²) in [4.78, 5) is 12.4. The molecule has 0 saturated heterocycles. The van der Waals surface area contributed by atoms with Crippen molar-refractivity contribution >= 4 is 5.91 Å². The molecule has 30 heavy (non-hydrogen) atoms. The molecule has 1 aliphatic carbocycles. The Hall–Kier alpha value is -2.90. The molecular formula is C22H29N5O3. The Morgan fingerprint density at radius 2 is 1.97 bits per heavy atom. The number of carbonyl (C=O) groups excluding carboxylic acids is 1. The van der Waals surface area contributed by atoms with Crippen molar-refractivity contribution in [2.75, 3.05) is 6.54 Å². The van der Waals surface area contributed by atoms with Crippen molar-refractivity contribution in [3.05, 3.63) is 41.2 Å². The first-order valence-electron chi connectivity index (χ1n) is 10.6. The van der Waals surface area contributed by atoms with Crippen LogP contribution in [0.15, 0.2) is 27.4 Å². The Balaban J connectivity index is 1.33. The van der Waals surface area contributed by atoms with Crippen LogP contribution in [0.5, 0.6) is 0 Å². The van der Waals surface area contributed by atoms with Crippen LogP contribution in [0.3, 0.4) is 0 Å². The first-order chi connectivity index (χ1) is 14.4. The van der Waals surface area contributed by atoms with Gasteiger partial charge in [-0.25, -0.2) is 0 Å². The van der Waals surface area contributed by atoms with E-state index in [1.54, 1.807) is 6.07 Å². The molecule has 1 saturated carbocycles. The second-order valence-corrected chi connectivity index (χ2v) is 8.63. The van der Waals surface area contributed by atoms with Gasteiger partial charge >= 0.3 is 0 Å². The summed E-state index contributed by atoms with van der Waals surface area (Å²) in [6, 6.07) is 3.68. The minimum Gasteiger partial charge on any atom is -0.360 e. The van der Waals surface area contributed by atoms with Gasteiger partial charge in [-0.15, -0.1) is 0 Å². The smallest absolute Gasteiger partial charge is 0.273 e. The first-order valence-corrected chi connectivity index (χ1v) is 10.6. The van der Waals surface area contributed by atoms with E-state index in [0.717, 1.165) is 54.2 Å². The molecule has 8 nitrogen and oxygen atoms in total. The molecule has 1 N–H and O–H groups in total. The van der Waals surface area contributed by atoms with E-state index in [2.05, 4.69) is 15.6 Å². The number of aryl methyl sites for hydroxylation is 2. The van der Waals surface area contributed by atoms with Gasteiger partial charge in [0.2, 0.25) is 0 Å². The SMILES string of the molecule is Cc1cc(-c2cn(C)nc2C2CCC(CNC(=O)c3cc(C(C)C)on3)CC2)on1. The van der Waals surface area contributed by atoms with Crippen LogP contribution in [0.4, 0.5) is 0 Å². The summed E-state index contributed by atoms with van der Waals surface area (Å²) in [5.41, 5.74) is 3.33. The zero-order valence-electron chi connectivity index (χ0n) is 18.0. The second-order valence-electron chi connectivity index (χ2n) is 8.63. The predicted octanol–water partition coefficient (Wildman–Crippen LogP) is 4.20. The number of hydrogen-bond donors (Lipinski definition) is 1. The number of carbonyl (C=O) groups is 1. The summed E-state index contributed by atoms with van der Waals surface area (Å²) in [5.74, 6) is 2.41. The summed E-state index contributed by atoms with van der Waals surface area (Å²) >= 11 is 0. The lowest BCUT2D eigenvalue weighted by molar-refractivity contribution is 0.0933. The summed E-state index contributed by atoms with van der Waals surface area (Å²) in [6.07, 6.45) is 6.18. The minimum atomic E-state index is -0.166. The average molecular weight is 412 g/mol. The zero-order chi connectivity index (χ0) is 21.3. The maximum absolute atomic E-state index is 12.4. The van der Waals surface area contributed by atoms with Gasteiger partial charge in [0.05, 0.1) is 17.0 Å². The third kappa shape index (κ3) is 4.32. The van der Waals surface area contributed by atoms with Crippen LogP contribution in [0, 0.1) is 12.8 Å². The van der Waals surface area contributed by atoms with Gasteiger partial charge in [0.25, 0.3) is 5.91 Å². The standard InChI is InChI=1S/C22H29N5O3/c1-13(2)19-10-18(26-29-19)22(28)23-11-15-5-7-16(8-6-15)21-17(12-27(4)24-21)20-9-14(3)25-30-20/h9-10,12-13,15-16H,5-8,11H2,1-4H3,(H,23,28). The lowest BCUT2D eigenvalue weighted by atomic mass is 9.79. The normalized spacial score (nSPS) is 19.4. The van der Waals surface area contributed by atoms with Gasteiger partial charge in [-0.2, -0.15) is 5.10 Å². The van der Waals surface area contributed by atoms with E-state index >= 15 is 0 Å². The van der Waals surface area contributed by atoms with Crippen molar-refractivity contribution in [3.63, 3.8) is 0 Å². The van der Waals surface area contributed by atoms with Crippen molar-refractivity contribution in [3.8, 4) is 11.3 Å². The van der Waals surface area contributed by atoms with Crippen molar-refractivity contribution < 1.29 is 13.8 Å². The van der Waals surface area contributed by atoms with E-state index in [1.807, 2.05) is 44.8 Å². The van der Waals surface area contributed by atoms with Crippen LogP contribution in [0.2, 0.25) is 0 Å². The van der Waals surface area contributed by atoms with Crippen molar-refractivity contribution in [1.29, 1.82) is 0 Å². The van der Waals surface area contributed by atoms with E-state index in [0.29, 0.717) is 24.1 Å². The molecular weight excluding hydrogens is 382 g/mol. The molecule has 4 rings (SSSR count). The molecule has 1 amide bonds. The fourth-order valence-electron chi connectivity index (χ4n) is 4.12. The number of rotatable bonds is 6. The second kappa shape index (κ2) is 8.45. The molecule has 1 aliphatic rings. The largest absolute Gasteiger partial charge is 0.360 e. The highest BCUT2D eigenvalue weighted by molar-refractivity contribution is 5.92. The number of aromatic nitrogens is 4. The molecule has 0 atom stereocenters. The van der Waals surface area contributed by atoms with Gasteiger partial charge in [0, 0.05) is 43.8 Å². The van der Waals surface area contributed by atoms with E-state index in [-0.39, 0.29) is 11.8 Å². The van der Waals surface area contributed by atoms with E-state index < -0.39 is 0 Å². The molecule has 3 aromatic heterocycles. The fourth-order valence-corrected chi connectivity index (χ4v) is 4.12. The van der Waals surface area contributed by atoms with Crippen LogP contribution >= 0.6 is 0 Å². The summed E-state index contributed by atoms with van der Waals surface area (Å²) < 4.78 is 12.5. The van der Waals surface area contributed by atoms with Gasteiger partial charge in [-0.3, -0.25) is 9.48 Å². The number of hydrogen-bond acceptors (Lipinski definition) is 6. The van der Waals surface area contributed by atoms with E-state index in [4.69, 9.17) is 14.1 Å². The monoisotopic (exact) mass is 411 g/mol. The molecule has 3 heterocycles. The Bertz CT molecular complexity index is 1010. The lowest BCUT2D eigenvalue weighted by Crippen LogP contribution is -2.31. The molecule has 160 valence electrons. The molecule has 1 fully saturated rings. The molecule has 0 aliphatic heterocycles. The van der Waals surface area contributed by atoms with Crippen molar-refractivity contribution in [1.82, 2.24) is 25.4 Å². The Labute approximate surface area is 176 Å². The van der Waals surface area contributed by atoms with Gasteiger partial charge in [-0.05, 0) is 38.5 Å². The van der Waals surface area contributed by atoms with Crippen LogP contribution in [0.25, 0.3) is 11.3 Å². The summed E-state index contributed by atoms with van der Waals surface area (Å²) in [5, 5.41) is 15.6. The zero-order valence-corrected chi connectivity index (χ0v) is 18.0. The Morgan fingerprint density at radius 3 is 2.60 bits per heavy atom. The van der Waals surface area contributed by atoms with Gasteiger partial charge in [0.1, 0.15) is 5.76 Å². The highest BCUT2D eigenvalue weighted by atomic mass is 16.5. The fraction of sp³-hybridized carbons (Fsp3) is 0.545. The maximum atomic E-state index is 12.4. The Kier molecular flexibility index (Phi) is 5.74. The number of nitrogens with one attached hydrogen (secondary N) is 1. The van der Waals surface area contributed by atoms with E-state index in [9.17, 15) is 4.79 Å². The van der Waals surface area contributed by atoms with Crippen molar-refractivity contribution in [2.45, 2.75) is 58.3 Å². The number of amides is 1. The first kappa shape index (κ1) is 20.4. The quantitative estimate of drug-likeness (QED) is 0.653.